The van der Waals surface area contributed by atoms with Crippen LogP contribution in [-0.2, 0) is 18.0 Å². The fourth-order valence-corrected chi connectivity index (χ4v) is 2.67. The summed E-state index contributed by atoms with van der Waals surface area (Å²) in [5.41, 5.74) is 2.95. The SMILES string of the molecule is O=C(Nc1ccc(COCc2ccccc2)cc1)N1CC[C@H](O)C1. The highest BCUT2D eigenvalue weighted by Gasteiger charge is 2.24. The number of likely N-dealkylation sites (tertiary alicyclic amines) is 1. The minimum atomic E-state index is -0.403. The van der Waals surface area contributed by atoms with Crippen molar-refractivity contribution >= 4 is 11.7 Å². The number of aliphatic hydroxyl groups is 1. The molecule has 2 N–H and O–H groups in total. The first kappa shape index (κ1) is 16.5. The molecule has 1 heterocycles. The van der Waals surface area contributed by atoms with Crippen molar-refractivity contribution in [2.24, 2.45) is 0 Å². The van der Waals surface area contributed by atoms with Crippen molar-refractivity contribution in [1.29, 1.82) is 0 Å². The molecule has 0 aliphatic carbocycles. The molecule has 1 atom stereocenters. The number of urea groups is 1. The zero-order chi connectivity index (χ0) is 16.8. The molecule has 1 saturated heterocycles. The van der Waals surface area contributed by atoms with Crippen LogP contribution in [0.2, 0.25) is 0 Å². The Morgan fingerprint density at radius 2 is 1.75 bits per heavy atom. The van der Waals surface area contributed by atoms with E-state index in [-0.39, 0.29) is 6.03 Å². The number of nitrogens with zero attached hydrogens (tertiary/aromatic N) is 1. The maximum atomic E-state index is 12.1. The van der Waals surface area contributed by atoms with Crippen LogP contribution in [0.3, 0.4) is 0 Å². The Morgan fingerprint density at radius 3 is 2.38 bits per heavy atom. The average molecular weight is 326 g/mol. The number of ether oxygens (including phenoxy) is 1. The average Bonchev–Trinajstić information content (AvgIpc) is 3.04. The van der Waals surface area contributed by atoms with Gasteiger partial charge in [0.15, 0.2) is 0 Å². The Kier molecular flexibility index (Phi) is 5.46. The lowest BCUT2D eigenvalue weighted by atomic mass is 10.2. The predicted octanol–water partition coefficient (Wildman–Crippen LogP) is 3.00. The second-order valence-electron chi connectivity index (χ2n) is 5.99. The summed E-state index contributed by atoms with van der Waals surface area (Å²) in [5.74, 6) is 0. The number of anilines is 1. The van der Waals surface area contributed by atoms with Gasteiger partial charge in [-0.05, 0) is 29.7 Å². The third kappa shape index (κ3) is 4.57. The van der Waals surface area contributed by atoms with Gasteiger partial charge in [-0.15, -0.1) is 0 Å². The van der Waals surface area contributed by atoms with Gasteiger partial charge in [0, 0.05) is 18.8 Å². The number of rotatable bonds is 5. The Morgan fingerprint density at radius 1 is 1.08 bits per heavy atom. The van der Waals surface area contributed by atoms with E-state index < -0.39 is 6.10 Å². The second-order valence-corrected chi connectivity index (χ2v) is 5.99. The van der Waals surface area contributed by atoms with Gasteiger partial charge in [-0.2, -0.15) is 0 Å². The molecule has 1 fully saturated rings. The van der Waals surface area contributed by atoms with E-state index in [1.165, 1.54) is 0 Å². The maximum Gasteiger partial charge on any atom is 0.321 e. The van der Waals surface area contributed by atoms with E-state index in [2.05, 4.69) is 5.32 Å². The van der Waals surface area contributed by atoms with Crippen LogP contribution in [-0.4, -0.2) is 35.2 Å². The normalized spacial score (nSPS) is 17.0. The quantitative estimate of drug-likeness (QED) is 0.888. The molecule has 0 spiro atoms. The molecule has 0 radical (unpaired) electrons. The van der Waals surface area contributed by atoms with Gasteiger partial charge in [0.25, 0.3) is 0 Å². The van der Waals surface area contributed by atoms with Gasteiger partial charge >= 0.3 is 6.03 Å². The lowest BCUT2D eigenvalue weighted by Crippen LogP contribution is -2.33. The van der Waals surface area contributed by atoms with Crippen LogP contribution in [0.1, 0.15) is 17.5 Å². The molecular formula is C19H22N2O3. The summed E-state index contributed by atoms with van der Waals surface area (Å²) >= 11 is 0. The maximum absolute atomic E-state index is 12.1. The van der Waals surface area contributed by atoms with Crippen LogP contribution >= 0.6 is 0 Å². The molecule has 0 saturated carbocycles. The van der Waals surface area contributed by atoms with Crippen molar-refractivity contribution in [3.63, 3.8) is 0 Å². The first-order valence-electron chi connectivity index (χ1n) is 8.15. The van der Waals surface area contributed by atoms with Crippen molar-refractivity contribution in [2.75, 3.05) is 18.4 Å². The summed E-state index contributed by atoms with van der Waals surface area (Å²) in [7, 11) is 0. The number of β-amino-alcohol motifs (C(OH)–C–C–N with tert-alkyl or cyclic N) is 1. The smallest absolute Gasteiger partial charge is 0.321 e. The molecule has 5 nitrogen and oxygen atoms in total. The number of carbonyl (C=O) groups is 1. The fourth-order valence-electron chi connectivity index (χ4n) is 2.67. The summed E-state index contributed by atoms with van der Waals surface area (Å²) in [6.07, 6.45) is 0.241. The van der Waals surface area contributed by atoms with Crippen molar-refractivity contribution in [1.82, 2.24) is 4.90 Å². The molecule has 0 bridgehead atoms. The second kappa shape index (κ2) is 7.95. The Labute approximate surface area is 141 Å². The van der Waals surface area contributed by atoms with E-state index in [4.69, 9.17) is 4.74 Å². The number of hydrogen-bond acceptors (Lipinski definition) is 3. The highest BCUT2D eigenvalue weighted by atomic mass is 16.5. The molecule has 1 aliphatic heterocycles. The van der Waals surface area contributed by atoms with Crippen molar-refractivity contribution in [3.8, 4) is 0 Å². The molecule has 2 amide bonds. The van der Waals surface area contributed by atoms with Crippen LogP contribution < -0.4 is 5.32 Å². The summed E-state index contributed by atoms with van der Waals surface area (Å²) in [4.78, 5) is 13.7. The van der Waals surface area contributed by atoms with Crippen LogP contribution in [0.4, 0.5) is 10.5 Å². The zero-order valence-corrected chi connectivity index (χ0v) is 13.5. The summed E-state index contributed by atoms with van der Waals surface area (Å²) < 4.78 is 5.70. The van der Waals surface area contributed by atoms with Crippen LogP contribution in [0.25, 0.3) is 0 Å². The Hall–Kier alpha value is -2.37. The largest absolute Gasteiger partial charge is 0.391 e. The first-order valence-corrected chi connectivity index (χ1v) is 8.15. The third-order valence-electron chi connectivity index (χ3n) is 4.04. The van der Waals surface area contributed by atoms with Crippen LogP contribution in [0.5, 0.6) is 0 Å². The van der Waals surface area contributed by atoms with Crippen molar-refractivity contribution < 1.29 is 14.6 Å². The fraction of sp³-hybridized carbons (Fsp3) is 0.316. The molecular weight excluding hydrogens is 304 g/mol. The number of aliphatic hydroxyl groups excluding tert-OH is 1. The van der Waals surface area contributed by atoms with E-state index in [0.29, 0.717) is 32.7 Å². The first-order chi connectivity index (χ1) is 11.7. The van der Waals surface area contributed by atoms with Crippen molar-refractivity contribution in [3.05, 3.63) is 65.7 Å². The van der Waals surface area contributed by atoms with Gasteiger partial charge in [0.1, 0.15) is 0 Å². The highest BCUT2D eigenvalue weighted by Crippen LogP contribution is 2.14. The van der Waals surface area contributed by atoms with Gasteiger partial charge in [-0.3, -0.25) is 0 Å². The summed E-state index contributed by atoms with van der Waals surface area (Å²) in [5, 5.41) is 12.3. The van der Waals surface area contributed by atoms with E-state index in [9.17, 15) is 9.90 Å². The number of hydrogen-bond donors (Lipinski definition) is 2. The Bertz CT molecular complexity index is 658. The topological polar surface area (TPSA) is 61.8 Å². The molecule has 5 heteroatoms. The number of nitrogens with one attached hydrogen (secondary N) is 1. The number of benzene rings is 2. The molecule has 24 heavy (non-hydrogen) atoms. The monoisotopic (exact) mass is 326 g/mol. The van der Waals surface area contributed by atoms with Crippen LogP contribution in [0.15, 0.2) is 54.6 Å². The van der Waals surface area contributed by atoms with E-state index in [1.54, 1.807) is 4.90 Å². The van der Waals surface area contributed by atoms with Gasteiger partial charge in [0.2, 0.25) is 0 Å². The third-order valence-corrected chi connectivity index (χ3v) is 4.04. The molecule has 126 valence electrons. The molecule has 3 rings (SSSR count). The van der Waals surface area contributed by atoms with Gasteiger partial charge in [-0.1, -0.05) is 42.5 Å². The van der Waals surface area contributed by atoms with E-state index >= 15 is 0 Å². The molecule has 0 aromatic heterocycles. The zero-order valence-electron chi connectivity index (χ0n) is 13.5. The summed E-state index contributed by atoms with van der Waals surface area (Å²) in [6.45, 7) is 2.10. The minimum absolute atomic E-state index is 0.167. The molecule has 0 unspecified atom stereocenters. The predicted molar refractivity (Wildman–Crippen MR) is 92.6 cm³/mol. The van der Waals surface area contributed by atoms with Crippen molar-refractivity contribution in [2.45, 2.75) is 25.7 Å². The highest BCUT2D eigenvalue weighted by molar-refractivity contribution is 5.89. The van der Waals surface area contributed by atoms with Gasteiger partial charge < -0.3 is 20.1 Å². The number of carbonyl (C=O) groups excluding carboxylic acids is 1. The lowest BCUT2D eigenvalue weighted by Gasteiger charge is -2.16. The van der Waals surface area contributed by atoms with Gasteiger partial charge in [-0.25, -0.2) is 4.79 Å². The van der Waals surface area contributed by atoms with Crippen LogP contribution in [0, 0.1) is 0 Å². The summed E-state index contributed by atoms with van der Waals surface area (Å²) in [6, 6.07) is 17.5. The van der Waals surface area contributed by atoms with E-state index in [1.807, 2.05) is 54.6 Å². The standard InChI is InChI=1S/C19H22N2O3/c22-18-10-11-21(12-18)19(23)20-17-8-6-16(7-9-17)14-24-13-15-4-2-1-3-5-15/h1-9,18,22H,10-14H2,(H,20,23)/t18-/m0/s1. The van der Waals surface area contributed by atoms with E-state index in [0.717, 1.165) is 16.8 Å². The molecule has 2 aromatic rings. The Balaban J connectivity index is 1.45. The minimum Gasteiger partial charge on any atom is -0.391 e. The van der Waals surface area contributed by atoms with Gasteiger partial charge in [0.05, 0.1) is 19.3 Å². The molecule has 1 aliphatic rings. The number of amides is 2. The lowest BCUT2D eigenvalue weighted by molar-refractivity contribution is 0.107. The molecule has 2 aromatic carbocycles.